The van der Waals surface area contributed by atoms with E-state index >= 15 is 0 Å². The van der Waals surface area contributed by atoms with Gasteiger partial charge in [0.2, 0.25) is 0 Å². The lowest BCUT2D eigenvalue weighted by Gasteiger charge is -2.25. The van der Waals surface area contributed by atoms with Crippen LogP contribution in [0.4, 0.5) is 0 Å². The Hall–Kier alpha value is -1.64. The fraction of sp³-hybridized carbons (Fsp3) is 0.700. The van der Waals surface area contributed by atoms with Crippen LogP contribution in [0.15, 0.2) is 16.6 Å². The first-order valence-electron chi connectivity index (χ1n) is 6.13. The van der Waals surface area contributed by atoms with Crippen molar-refractivity contribution in [3.05, 3.63) is 21.7 Å². The van der Waals surface area contributed by atoms with E-state index in [1.807, 2.05) is 0 Å². The average molecular weight is 323 g/mol. The van der Waals surface area contributed by atoms with E-state index in [2.05, 4.69) is 10.3 Å². The van der Waals surface area contributed by atoms with Crippen LogP contribution in [0.3, 0.4) is 0 Å². The highest BCUT2D eigenvalue weighted by Gasteiger charge is 2.50. The second-order valence-corrected chi connectivity index (χ2v) is 5.77. The minimum Gasteiger partial charge on any atom is -0.478 e. The molecular formula is C10H18N3O7P. The van der Waals surface area contributed by atoms with E-state index in [-0.39, 0.29) is 25.1 Å². The van der Waals surface area contributed by atoms with Crippen molar-refractivity contribution in [3.63, 3.8) is 0 Å². The van der Waals surface area contributed by atoms with Gasteiger partial charge in [-0.05, 0) is 13.8 Å². The minimum absolute atomic E-state index is 0.0480. The van der Waals surface area contributed by atoms with E-state index in [0.29, 0.717) is 0 Å². The maximum atomic E-state index is 12.8. The molecule has 1 N–H and O–H groups in total. The largest absolute Gasteiger partial charge is 0.478 e. The van der Waals surface area contributed by atoms with Crippen LogP contribution in [0.25, 0.3) is 0 Å². The summed E-state index contributed by atoms with van der Waals surface area (Å²) in [5.74, 6) is -1.70. The Morgan fingerprint density at radius 3 is 2.24 bits per heavy atom. The smallest absolute Gasteiger partial charge is 0.366 e. The number of nitrogens with zero attached hydrogens (tertiary/aromatic N) is 2. The summed E-state index contributed by atoms with van der Waals surface area (Å²) in [4.78, 5) is 14.4. The van der Waals surface area contributed by atoms with Crippen LogP contribution in [0.1, 0.15) is 13.8 Å². The molecule has 1 rings (SSSR count). The van der Waals surface area contributed by atoms with Crippen LogP contribution in [0, 0.1) is 10.1 Å². The summed E-state index contributed by atoms with van der Waals surface area (Å²) >= 11 is 0. The Bertz CT molecular complexity index is 495. The molecule has 0 aromatic heterocycles. The third kappa shape index (κ3) is 3.72. The summed E-state index contributed by atoms with van der Waals surface area (Å²) in [5.41, 5.74) is -0.538. The number of hydrogen-bond acceptors (Lipinski definition) is 9. The Morgan fingerprint density at radius 1 is 1.29 bits per heavy atom. The molecule has 0 spiro atoms. The Labute approximate surface area is 121 Å². The predicted molar refractivity (Wildman–Crippen MR) is 73.3 cm³/mol. The van der Waals surface area contributed by atoms with Crippen molar-refractivity contribution < 1.29 is 28.0 Å². The Kier molecular flexibility index (Phi) is 6.13. The monoisotopic (exact) mass is 323 g/mol. The van der Waals surface area contributed by atoms with Crippen molar-refractivity contribution >= 4 is 13.6 Å². The molecule has 1 atom stereocenters. The van der Waals surface area contributed by atoms with Crippen molar-refractivity contribution in [2.75, 3.05) is 27.4 Å². The lowest BCUT2D eigenvalue weighted by atomic mass is 10.4. The van der Waals surface area contributed by atoms with E-state index in [1.54, 1.807) is 13.8 Å². The fourth-order valence-electron chi connectivity index (χ4n) is 1.68. The van der Waals surface area contributed by atoms with Crippen LogP contribution in [0.5, 0.6) is 0 Å². The lowest BCUT2D eigenvalue weighted by Crippen LogP contribution is -2.37. The number of nitro groups is 1. The van der Waals surface area contributed by atoms with Crippen LogP contribution in [-0.4, -0.2) is 44.2 Å². The Morgan fingerprint density at radius 2 is 1.86 bits per heavy atom. The van der Waals surface area contributed by atoms with Gasteiger partial charge in [-0.25, -0.2) is 4.99 Å². The van der Waals surface area contributed by atoms with Crippen LogP contribution in [0.2, 0.25) is 0 Å². The number of aliphatic imine (C=N–C) groups is 1. The zero-order chi connectivity index (χ0) is 16.0. The van der Waals surface area contributed by atoms with E-state index in [1.165, 1.54) is 14.2 Å². The SMILES string of the molecule is CCOP(=O)(OCC)C1N=C(OC)NC(OC)=C1[N+](=O)[O-]. The molecule has 0 aromatic carbocycles. The molecule has 11 heteroatoms. The first-order chi connectivity index (χ1) is 9.93. The number of ether oxygens (including phenoxy) is 2. The highest BCUT2D eigenvalue weighted by atomic mass is 31.2. The zero-order valence-corrected chi connectivity index (χ0v) is 13.1. The van der Waals surface area contributed by atoms with Gasteiger partial charge in [0.25, 0.3) is 17.7 Å². The van der Waals surface area contributed by atoms with Crippen LogP contribution >= 0.6 is 7.60 Å². The molecular weight excluding hydrogens is 305 g/mol. The predicted octanol–water partition coefficient (Wildman–Crippen LogP) is 1.28. The molecule has 0 radical (unpaired) electrons. The molecule has 0 saturated carbocycles. The van der Waals surface area contributed by atoms with Crippen molar-refractivity contribution in [2.24, 2.45) is 4.99 Å². The number of methoxy groups -OCH3 is 2. The van der Waals surface area contributed by atoms with Gasteiger partial charge in [0.05, 0.1) is 32.4 Å². The maximum Gasteiger partial charge on any atom is 0.366 e. The molecule has 10 nitrogen and oxygen atoms in total. The molecule has 1 aliphatic rings. The molecule has 21 heavy (non-hydrogen) atoms. The van der Waals surface area contributed by atoms with Crippen LogP contribution in [-0.2, 0) is 23.1 Å². The molecule has 1 aliphatic heterocycles. The molecule has 0 aliphatic carbocycles. The summed E-state index contributed by atoms with van der Waals surface area (Å²) in [6.07, 6.45) is 0. The highest BCUT2D eigenvalue weighted by molar-refractivity contribution is 7.54. The standard InChI is InChI=1S/C10H18N3O7P/c1-5-19-21(16,20-6-2)9-7(13(14)15)8(17-3)11-10(12-9)18-4/h9H,5-6H2,1-4H3,(H,11,12). The van der Waals surface area contributed by atoms with Gasteiger partial charge < -0.3 is 18.5 Å². The van der Waals surface area contributed by atoms with E-state index < -0.39 is 24.0 Å². The first kappa shape index (κ1) is 17.4. The molecule has 0 amide bonds. The molecule has 1 unspecified atom stereocenters. The second-order valence-electron chi connectivity index (χ2n) is 3.69. The molecule has 0 saturated heterocycles. The van der Waals surface area contributed by atoms with Crippen molar-refractivity contribution in [2.45, 2.75) is 19.6 Å². The minimum atomic E-state index is -3.89. The van der Waals surface area contributed by atoms with Gasteiger partial charge in [0, 0.05) is 0 Å². The van der Waals surface area contributed by atoms with Crippen molar-refractivity contribution in [3.8, 4) is 0 Å². The molecule has 120 valence electrons. The number of amidine groups is 1. The molecule has 0 fully saturated rings. The average Bonchev–Trinajstić information content (AvgIpc) is 2.46. The number of rotatable bonds is 7. The molecule has 0 aromatic rings. The topological polar surface area (TPSA) is 122 Å². The van der Waals surface area contributed by atoms with Gasteiger partial charge in [0.15, 0.2) is 0 Å². The normalized spacial score (nSPS) is 18.9. The Balaban J connectivity index is 3.38. The zero-order valence-electron chi connectivity index (χ0n) is 12.2. The summed E-state index contributed by atoms with van der Waals surface area (Å²) < 4.78 is 32.8. The summed E-state index contributed by atoms with van der Waals surface area (Å²) in [5, 5.41) is 13.8. The highest BCUT2D eigenvalue weighted by Crippen LogP contribution is 2.57. The van der Waals surface area contributed by atoms with Gasteiger partial charge in [-0.2, -0.15) is 0 Å². The van der Waals surface area contributed by atoms with Crippen LogP contribution < -0.4 is 5.32 Å². The summed E-state index contributed by atoms with van der Waals surface area (Å²) in [7, 11) is -1.36. The number of hydrogen-bond donors (Lipinski definition) is 1. The van der Waals surface area contributed by atoms with Gasteiger partial charge in [-0.3, -0.25) is 20.0 Å². The quantitative estimate of drug-likeness (QED) is 0.422. The summed E-state index contributed by atoms with van der Waals surface area (Å²) in [6, 6.07) is -0.0814. The van der Waals surface area contributed by atoms with Gasteiger partial charge >= 0.3 is 13.3 Å². The molecule has 1 heterocycles. The first-order valence-corrected chi connectivity index (χ1v) is 7.74. The van der Waals surface area contributed by atoms with Gasteiger partial charge in [-0.1, -0.05) is 0 Å². The summed E-state index contributed by atoms with van der Waals surface area (Å²) in [6.45, 7) is 3.29. The van der Waals surface area contributed by atoms with E-state index in [0.717, 1.165) is 0 Å². The maximum absolute atomic E-state index is 12.8. The third-order valence-electron chi connectivity index (χ3n) is 2.45. The van der Waals surface area contributed by atoms with Gasteiger partial charge in [-0.15, -0.1) is 0 Å². The van der Waals surface area contributed by atoms with Gasteiger partial charge in [0.1, 0.15) is 0 Å². The lowest BCUT2D eigenvalue weighted by molar-refractivity contribution is -0.431. The second kappa shape index (κ2) is 7.39. The van der Waals surface area contributed by atoms with Crippen molar-refractivity contribution in [1.29, 1.82) is 0 Å². The van der Waals surface area contributed by atoms with Crippen molar-refractivity contribution in [1.82, 2.24) is 5.32 Å². The third-order valence-corrected chi connectivity index (χ3v) is 4.64. The van der Waals surface area contributed by atoms with E-state index in [4.69, 9.17) is 18.5 Å². The fourth-order valence-corrected chi connectivity index (χ4v) is 3.51. The number of nitrogens with one attached hydrogen (secondary N) is 1. The molecule has 0 bridgehead atoms. The van der Waals surface area contributed by atoms with E-state index in [9.17, 15) is 14.7 Å².